The number of benzene rings is 1. The van der Waals surface area contributed by atoms with Gasteiger partial charge in [0.15, 0.2) is 0 Å². The fourth-order valence-electron chi connectivity index (χ4n) is 2.73. The molecule has 1 aromatic rings. The van der Waals surface area contributed by atoms with Gasteiger partial charge in [0.2, 0.25) is 5.91 Å². The number of carbonyl (C=O) groups is 2. The first kappa shape index (κ1) is 14.4. The van der Waals surface area contributed by atoms with E-state index in [0.29, 0.717) is 18.0 Å². The molecule has 3 N–H and O–H groups in total. The lowest BCUT2D eigenvalue weighted by Crippen LogP contribution is -2.30. The Labute approximate surface area is 128 Å². The molecule has 0 radical (unpaired) electrons. The van der Waals surface area contributed by atoms with Crippen LogP contribution in [0.5, 0.6) is 0 Å². The molecule has 6 heteroatoms. The summed E-state index contributed by atoms with van der Waals surface area (Å²) in [5.74, 6) is 0.413. The number of carbonyl (C=O) groups excluding carboxylic acids is 2. The Morgan fingerprint density at radius 3 is 3.05 bits per heavy atom. The standard InChI is InChI=1S/C15H19N3O2S/c1-9-14(19)17-12-6-11(2-3-13(12)21-9)15(20)18-5-4-10(7-16)8-18/h2-3,6,9-10H,4-5,7-8,16H2,1H3,(H,17,19)/t9-,10-/m0/s1. The van der Waals surface area contributed by atoms with Crippen molar-refractivity contribution in [2.75, 3.05) is 25.0 Å². The Balaban J connectivity index is 1.79. The Kier molecular flexibility index (Phi) is 3.91. The summed E-state index contributed by atoms with van der Waals surface area (Å²) in [6, 6.07) is 5.54. The van der Waals surface area contributed by atoms with Crippen LogP contribution >= 0.6 is 11.8 Å². The highest BCUT2D eigenvalue weighted by molar-refractivity contribution is 8.00. The molecule has 21 heavy (non-hydrogen) atoms. The summed E-state index contributed by atoms with van der Waals surface area (Å²) in [5.41, 5.74) is 7.03. The van der Waals surface area contributed by atoms with E-state index in [4.69, 9.17) is 5.73 Å². The van der Waals surface area contributed by atoms with Crippen molar-refractivity contribution in [1.29, 1.82) is 0 Å². The van der Waals surface area contributed by atoms with Gasteiger partial charge < -0.3 is 16.0 Å². The number of fused-ring (bicyclic) bond motifs is 1. The van der Waals surface area contributed by atoms with Crippen molar-refractivity contribution >= 4 is 29.3 Å². The van der Waals surface area contributed by atoms with E-state index in [0.717, 1.165) is 30.1 Å². The molecule has 2 heterocycles. The Hall–Kier alpha value is -1.53. The van der Waals surface area contributed by atoms with Crippen molar-refractivity contribution in [3.8, 4) is 0 Å². The minimum Gasteiger partial charge on any atom is -0.338 e. The zero-order chi connectivity index (χ0) is 15.0. The van der Waals surface area contributed by atoms with E-state index in [1.54, 1.807) is 6.07 Å². The van der Waals surface area contributed by atoms with Crippen molar-refractivity contribution in [2.24, 2.45) is 11.7 Å². The molecule has 0 unspecified atom stereocenters. The van der Waals surface area contributed by atoms with Gasteiger partial charge in [0.25, 0.3) is 5.91 Å². The lowest BCUT2D eigenvalue weighted by atomic mass is 10.1. The van der Waals surface area contributed by atoms with Gasteiger partial charge in [-0.3, -0.25) is 9.59 Å². The lowest BCUT2D eigenvalue weighted by molar-refractivity contribution is -0.115. The van der Waals surface area contributed by atoms with Crippen LogP contribution in [0.2, 0.25) is 0 Å². The number of anilines is 1. The number of hydrogen-bond donors (Lipinski definition) is 2. The van der Waals surface area contributed by atoms with Gasteiger partial charge >= 0.3 is 0 Å². The largest absolute Gasteiger partial charge is 0.338 e. The Morgan fingerprint density at radius 1 is 1.52 bits per heavy atom. The first-order valence-electron chi connectivity index (χ1n) is 7.19. The molecule has 2 amide bonds. The van der Waals surface area contributed by atoms with E-state index < -0.39 is 0 Å². The number of nitrogens with zero attached hydrogens (tertiary/aromatic N) is 1. The normalized spacial score (nSPS) is 24.7. The van der Waals surface area contributed by atoms with Crippen molar-refractivity contribution in [2.45, 2.75) is 23.5 Å². The Bertz CT molecular complexity index is 590. The maximum absolute atomic E-state index is 12.5. The summed E-state index contributed by atoms with van der Waals surface area (Å²) in [7, 11) is 0. The Morgan fingerprint density at radius 2 is 2.33 bits per heavy atom. The van der Waals surface area contributed by atoms with Crippen LogP contribution in [0.1, 0.15) is 23.7 Å². The van der Waals surface area contributed by atoms with E-state index in [1.165, 1.54) is 11.8 Å². The van der Waals surface area contributed by atoms with E-state index >= 15 is 0 Å². The number of rotatable bonds is 2. The average molecular weight is 305 g/mol. The molecule has 2 atom stereocenters. The zero-order valence-corrected chi connectivity index (χ0v) is 12.8. The summed E-state index contributed by atoms with van der Waals surface area (Å²) in [6.07, 6.45) is 0.970. The molecular formula is C15H19N3O2S. The monoisotopic (exact) mass is 305 g/mol. The maximum Gasteiger partial charge on any atom is 0.253 e. The molecule has 2 aliphatic heterocycles. The van der Waals surface area contributed by atoms with Gasteiger partial charge in [-0.15, -0.1) is 11.8 Å². The lowest BCUT2D eigenvalue weighted by Gasteiger charge is -2.23. The number of hydrogen-bond acceptors (Lipinski definition) is 4. The fourth-order valence-corrected chi connectivity index (χ4v) is 3.66. The highest BCUT2D eigenvalue weighted by Crippen LogP contribution is 2.36. The van der Waals surface area contributed by atoms with Crippen LogP contribution in [0, 0.1) is 5.92 Å². The van der Waals surface area contributed by atoms with Crippen LogP contribution in [-0.2, 0) is 4.79 Å². The predicted octanol–water partition coefficient (Wildman–Crippen LogP) is 1.54. The minimum atomic E-state index is -0.0945. The minimum absolute atomic E-state index is 0.0125. The van der Waals surface area contributed by atoms with Crippen LogP contribution in [0.15, 0.2) is 23.1 Å². The van der Waals surface area contributed by atoms with Gasteiger partial charge in [0, 0.05) is 23.5 Å². The third-order valence-corrected chi connectivity index (χ3v) is 5.24. The molecule has 0 spiro atoms. The van der Waals surface area contributed by atoms with Crippen molar-refractivity contribution in [3.05, 3.63) is 23.8 Å². The molecule has 0 aliphatic carbocycles. The predicted molar refractivity (Wildman–Crippen MR) is 83.5 cm³/mol. The summed E-state index contributed by atoms with van der Waals surface area (Å²) in [6.45, 7) is 3.98. The van der Waals surface area contributed by atoms with Crippen molar-refractivity contribution in [3.63, 3.8) is 0 Å². The fraction of sp³-hybridized carbons (Fsp3) is 0.467. The number of nitrogens with two attached hydrogens (primary N) is 1. The van der Waals surface area contributed by atoms with Gasteiger partial charge in [-0.2, -0.15) is 0 Å². The van der Waals surface area contributed by atoms with E-state index in [9.17, 15) is 9.59 Å². The smallest absolute Gasteiger partial charge is 0.253 e. The number of thioether (sulfide) groups is 1. The molecule has 1 aromatic carbocycles. The van der Waals surface area contributed by atoms with Crippen LogP contribution in [-0.4, -0.2) is 41.6 Å². The molecule has 0 saturated carbocycles. The van der Waals surface area contributed by atoms with Gasteiger partial charge in [0.05, 0.1) is 10.9 Å². The van der Waals surface area contributed by atoms with Gasteiger partial charge in [-0.25, -0.2) is 0 Å². The van der Waals surface area contributed by atoms with Gasteiger partial charge in [-0.05, 0) is 44.0 Å². The number of likely N-dealkylation sites (tertiary alicyclic amines) is 1. The second kappa shape index (κ2) is 5.69. The summed E-state index contributed by atoms with van der Waals surface area (Å²) in [5, 5.41) is 2.77. The van der Waals surface area contributed by atoms with E-state index in [-0.39, 0.29) is 17.1 Å². The summed E-state index contributed by atoms with van der Waals surface area (Å²) in [4.78, 5) is 27.1. The van der Waals surface area contributed by atoms with Gasteiger partial charge in [-0.1, -0.05) is 0 Å². The highest BCUT2D eigenvalue weighted by atomic mass is 32.2. The zero-order valence-electron chi connectivity index (χ0n) is 12.0. The van der Waals surface area contributed by atoms with Crippen LogP contribution in [0.3, 0.4) is 0 Å². The molecule has 1 saturated heterocycles. The number of amides is 2. The second-order valence-electron chi connectivity index (χ2n) is 5.60. The topological polar surface area (TPSA) is 75.4 Å². The average Bonchev–Trinajstić information content (AvgIpc) is 2.96. The molecule has 112 valence electrons. The first-order valence-corrected chi connectivity index (χ1v) is 8.07. The van der Waals surface area contributed by atoms with Gasteiger partial charge in [0.1, 0.15) is 0 Å². The van der Waals surface area contributed by atoms with Crippen molar-refractivity contribution in [1.82, 2.24) is 4.90 Å². The number of nitrogens with one attached hydrogen (secondary N) is 1. The first-order chi connectivity index (χ1) is 10.1. The summed E-state index contributed by atoms with van der Waals surface area (Å²) < 4.78 is 0. The second-order valence-corrected chi connectivity index (χ2v) is 6.98. The molecule has 3 rings (SSSR count). The molecular weight excluding hydrogens is 286 g/mol. The molecule has 0 aromatic heterocycles. The third-order valence-electron chi connectivity index (χ3n) is 4.06. The SMILES string of the molecule is C[C@@H]1Sc2ccc(C(=O)N3CC[C@@H](CN)C3)cc2NC1=O. The summed E-state index contributed by atoms with van der Waals surface area (Å²) >= 11 is 1.52. The van der Waals surface area contributed by atoms with E-state index in [2.05, 4.69) is 5.32 Å². The van der Waals surface area contributed by atoms with Crippen molar-refractivity contribution < 1.29 is 9.59 Å². The van der Waals surface area contributed by atoms with Crippen LogP contribution < -0.4 is 11.1 Å². The maximum atomic E-state index is 12.5. The van der Waals surface area contributed by atoms with E-state index in [1.807, 2.05) is 24.0 Å². The molecule has 0 bridgehead atoms. The molecule has 2 aliphatic rings. The highest BCUT2D eigenvalue weighted by Gasteiger charge is 2.28. The molecule has 1 fully saturated rings. The quantitative estimate of drug-likeness (QED) is 0.869. The van der Waals surface area contributed by atoms with Crippen LogP contribution in [0.4, 0.5) is 5.69 Å². The van der Waals surface area contributed by atoms with Crippen LogP contribution in [0.25, 0.3) is 0 Å². The third kappa shape index (κ3) is 2.78. The molecule has 5 nitrogen and oxygen atoms in total.